The molecule has 0 aromatic carbocycles. The molecule has 0 aliphatic heterocycles. The Balaban J connectivity index is 2.52. The van der Waals surface area contributed by atoms with Crippen molar-refractivity contribution < 1.29 is 4.79 Å². The summed E-state index contributed by atoms with van der Waals surface area (Å²) >= 11 is 0. The summed E-state index contributed by atoms with van der Waals surface area (Å²) in [6.07, 6.45) is 0.796. The first kappa shape index (κ1) is 12.7. The standard InChI is InChI=1S/C11H20N4O/c1-7(12)11(16)13-6-5-10-8(2)14-15(4)9(10)3/h7H,5-6,12H2,1-4H3,(H,13,16)/t7-/m1/s1. The fourth-order valence-corrected chi connectivity index (χ4v) is 1.65. The molecule has 0 bridgehead atoms. The maximum Gasteiger partial charge on any atom is 0.236 e. The van der Waals surface area contributed by atoms with Crippen molar-refractivity contribution in [2.75, 3.05) is 6.54 Å². The van der Waals surface area contributed by atoms with Crippen LogP contribution in [0.4, 0.5) is 0 Å². The second-order valence-corrected chi connectivity index (χ2v) is 4.10. The number of nitrogens with zero attached hydrogens (tertiary/aromatic N) is 2. The summed E-state index contributed by atoms with van der Waals surface area (Å²) in [6, 6.07) is -0.448. The van der Waals surface area contributed by atoms with Crippen molar-refractivity contribution in [1.82, 2.24) is 15.1 Å². The number of rotatable bonds is 4. The number of carbonyl (C=O) groups excluding carboxylic acids is 1. The lowest BCUT2D eigenvalue weighted by Crippen LogP contribution is -2.39. The smallest absolute Gasteiger partial charge is 0.236 e. The lowest BCUT2D eigenvalue weighted by Gasteiger charge is -2.07. The third kappa shape index (κ3) is 2.82. The predicted molar refractivity (Wildman–Crippen MR) is 63.0 cm³/mol. The molecular weight excluding hydrogens is 204 g/mol. The maximum atomic E-state index is 11.3. The second-order valence-electron chi connectivity index (χ2n) is 4.10. The summed E-state index contributed by atoms with van der Waals surface area (Å²) in [6.45, 7) is 6.29. The van der Waals surface area contributed by atoms with E-state index in [1.54, 1.807) is 6.92 Å². The molecule has 0 spiro atoms. The van der Waals surface area contributed by atoms with E-state index < -0.39 is 6.04 Å². The summed E-state index contributed by atoms with van der Waals surface area (Å²) in [5, 5.41) is 7.12. The molecule has 1 atom stereocenters. The summed E-state index contributed by atoms with van der Waals surface area (Å²) < 4.78 is 1.86. The topological polar surface area (TPSA) is 72.9 Å². The summed E-state index contributed by atoms with van der Waals surface area (Å²) in [4.78, 5) is 11.3. The molecule has 1 rings (SSSR count). The van der Waals surface area contributed by atoms with E-state index >= 15 is 0 Å². The van der Waals surface area contributed by atoms with E-state index in [9.17, 15) is 4.79 Å². The van der Waals surface area contributed by atoms with Crippen LogP contribution in [0.3, 0.4) is 0 Å². The first-order valence-corrected chi connectivity index (χ1v) is 5.46. The molecule has 0 fully saturated rings. The van der Waals surface area contributed by atoms with Crippen molar-refractivity contribution in [2.24, 2.45) is 12.8 Å². The Kier molecular flexibility index (Phi) is 4.06. The average Bonchev–Trinajstić information content (AvgIpc) is 2.44. The van der Waals surface area contributed by atoms with Crippen LogP contribution in [0.15, 0.2) is 0 Å². The van der Waals surface area contributed by atoms with Gasteiger partial charge < -0.3 is 11.1 Å². The molecule has 0 aliphatic carbocycles. The zero-order valence-corrected chi connectivity index (χ0v) is 10.4. The number of hydrogen-bond acceptors (Lipinski definition) is 3. The zero-order valence-electron chi connectivity index (χ0n) is 10.4. The molecule has 3 N–H and O–H groups in total. The van der Waals surface area contributed by atoms with Crippen molar-refractivity contribution in [3.05, 3.63) is 17.0 Å². The van der Waals surface area contributed by atoms with Crippen LogP contribution in [0.2, 0.25) is 0 Å². The highest BCUT2D eigenvalue weighted by molar-refractivity contribution is 5.80. The van der Waals surface area contributed by atoms with E-state index in [-0.39, 0.29) is 5.91 Å². The van der Waals surface area contributed by atoms with E-state index in [2.05, 4.69) is 10.4 Å². The fraction of sp³-hybridized carbons (Fsp3) is 0.636. The van der Waals surface area contributed by atoms with Gasteiger partial charge in [-0.05, 0) is 32.8 Å². The van der Waals surface area contributed by atoms with Gasteiger partial charge in [-0.1, -0.05) is 0 Å². The normalized spacial score (nSPS) is 12.6. The van der Waals surface area contributed by atoms with E-state index in [0.717, 1.165) is 17.8 Å². The summed E-state index contributed by atoms with van der Waals surface area (Å²) in [7, 11) is 1.92. The maximum absolute atomic E-state index is 11.3. The van der Waals surface area contributed by atoms with Crippen molar-refractivity contribution in [2.45, 2.75) is 33.2 Å². The minimum absolute atomic E-state index is 0.112. The minimum atomic E-state index is -0.448. The number of nitrogens with two attached hydrogens (primary N) is 1. The zero-order chi connectivity index (χ0) is 12.3. The van der Waals surface area contributed by atoms with Gasteiger partial charge in [-0.15, -0.1) is 0 Å². The van der Waals surface area contributed by atoms with Gasteiger partial charge in [0.05, 0.1) is 11.7 Å². The van der Waals surface area contributed by atoms with Gasteiger partial charge in [-0.2, -0.15) is 5.10 Å². The monoisotopic (exact) mass is 224 g/mol. The Bertz CT molecular complexity index is 382. The van der Waals surface area contributed by atoms with Crippen LogP contribution >= 0.6 is 0 Å². The molecule has 1 amide bonds. The third-order valence-corrected chi connectivity index (χ3v) is 2.75. The molecule has 1 aromatic heterocycles. The average molecular weight is 224 g/mol. The largest absolute Gasteiger partial charge is 0.354 e. The molecular formula is C11H20N4O. The second kappa shape index (κ2) is 5.12. The Morgan fingerprint density at radius 2 is 2.19 bits per heavy atom. The van der Waals surface area contributed by atoms with Crippen LogP contribution in [-0.2, 0) is 18.3 Å². The highest BCUT2D eigenvalue weighted by Crippen LogP contribution is 2.11. The van der Waals surface area contributed by atoms with Gasteiger partial charge in [0.1, 0.15) is 0 Å². The molecule has 5 heteroatoms. The van der Waals surface area contributed by atoms with Crippen LogP contribution in [0.25, 0.3) is 0 Å². The van der Waals surface area contributed by atoms with Gasteiger partial charge in [0, 0.05) is 19.3 Å². The molecule has 0 aliphatic rings. The van der Waals surface area contributed by atoms with Gasteiger partial charge >= 0.3 is 0 Å². The Hall–Kier alpha value is -1.36. The number of nitrogens with one attached hydrogen (secondary N) is 1. The predicted octanol–water partition coefficient (Wildman–Crippen LogP) is 0.0428. The Morgan fingerprint density at radius 3 is 2.62 bits per heavy atom. The lowest BCUT2D eigenvalue weighted by molar-refractivity contribution is -0.121. The van der Waals surface area contributed by atoms with Crippen LogP contribution in [0.1, 0.15) is 23.9 Å². The Morgan fingerprint density at radius 1 is 1.56 bits per heavy atom. The summed E-state index contributed by atoms with van der Waals surface area (Å²) in [5.74, 6) is -0.112. The molecule has 90 valence electrons. The van der Waals surface area contributed by atoms with Crippen molar-refractivity contribution in [3.8, 4) is 0 Å². The quantitative estimate of drug-likeness (QED) is 0.758. The van der Waals surface area contributed by atoms with E-state index in [1.165, 1.54) is 5.56 Å². The van der Waals surface area contributed by atoms with E-state index in [4.69, 9.17) is 5.73 Å². The van der Waals surface area contributed by atoms with Gasteiger partial charge in [-0.3, -0.25) is 9.48 Å². The number of aryl methyl sites for hydroxylation is 2. The van der Waals surface area contributed by atoms with Gasteiger partial charge in [-0.25, -0.2) is 0 Å². The number of hydrogen-bond donors (Lipinski definition) is 2. The van der Waals surface area contributed by atoms with Crippen LogP contribution in [0.5, 0.6) is 0 Å². The molecule has 0 unspecified atom stereocenters. The molecule has 1 heterocycles. The first-order valence-electron chi connectivity index (χ1n) is 5.46. The number of amides is 1. The van der Waals surface area contributed by atoms with Crippen molar-refractivity contribution in [3.63, 3.8) is 0 Å². The number of carbonyl (C=O) groups is 1. The van der Waals surface area contributed by atoms with Crippen LogP contribution in [0, 0.1) is 13.8 Å². The number of aromatic nitrogens is 2. The highest BCUT2D eigenvalue weighted by atomic mass is 16.2. The van der Waals surface area contributed by atoms with E-state index in [1.807, 2.05) is 25.6 Å². The van der Waals surface area contributed by atoms with Gasteiger partial charge in [0.15, 0.2) is 0 Å². The lowest BCUT2D eigenvalue weighted by atomic mass is 10.1. The summed E-state index contributed by atoms with van der Waals surface area (Å²) in [5.41, 5.74) is 8.82. The molecule has 0 radical (unpaired) electrons. The Labute approximate surface area is 96.0 Å². The molecule has 5 nitrogen and oxygen atoms in total. The molecule has 16 heavy (non-hydrogen) atoms. The first-order chi connectivity index (χ1) is 7.43. The fourth-order valence-electron chi connectivity index (χ4n) is 1.65. The van der Waals surface area contributed by atoms with Crippen molar-refractivity contribution >= 4 is 5.91 Å². The highest BCUT2D eigenvalue weighted by Gasteiger charge is 2.10. The van der Waals surface area contributed by atoms with Crippen molar-refractivity contribution in [1.29, 1.82) is 0 Å². The van der Waals surface area contributed by atoms with Crippen LogP contribution < -0.4 is 11.1 Å². The third-order valence-electron chi connectivity index (χ3n) is 2.75. The molecule has 0 saturated carbocycles. The SMILES string of the molecule is Cc1nn(C)c(C)c1CCNC(=O)[C@@H](C)N. The van der Waals surface area contributed by atoms with Gasteiger partial charge in [0.2, 0.25) is 5.91 Å². The minimum Gasteiger partial charge on any atom is -0.354 e. The van der Waals surface area contributed by atoms with E-state index in [0.29, 0.717) is 6.54 Å². The molecule has 1 aromatic rings. The van der Waals surface area contributed by atoms with Gasteiger partial charge in [0.25, 0.3) is 0 Å². The molecule has 0 saturated heterocycles. The van der Waals surface area contributed by atoms with Crippen LogP contribution in [-0.4, -0.2) is 28.3 Å².